The number of rotatable bonds is 9. The second-order valence-corrected chi connectivity index (χ2v) is 6.82. The minimum absolute atomic E-state index is 0.551. The summed E-state index contributed by atoms with van der Waals surface area (Å²) in [6.45, 7) is 12.7. The molecule has 0 rings (SSSR count). The minimum Gasteiger partial charge on any atom is -0.411 e. The summed E-state index contributed by atoms with van der Waals surface area (Å²) >= 11 is 0. The van der Waals surface area contributed by atoms with Crippen LogP contribution in [0.3, 0.4) is 0 Å². The van der Waals surface area contributed by atoms with Crippen LogP contribution >= 0.6 is 0 Å². The molecule has 0 aliphatic carbocycles. The molecular weight excluding hydrogens is 284 g/mol. The van der Waals surface area contributed by atoms with E-state index in [1.165, 1.54) is 11.1 Å². The summed E-state index contributed by atoms with van der Waals surface area (Å²) in [6, 6.07) is 2.18. The van der Waals surface area contributed by atoms with Gasteiger partial charge >= 0.3 is 0 Å². The highest BCUT2D eigenvalue weighted by Crippen LogP contribution is 2.11. The summed E-state index contributed by atoms with van der Waals surface area (Å²) in [5, 5.41) is 19.5. The second-order valence-electron chi connectivity index (χ2n) is 6.82. The molecule has 2 unspecified atom stereocenters. The number of nitriles is 1. The molecule has 132 valence electrons. The summed E-state index contributed by atoms with van der Waals surface area (Å²) in [5.74, 6) is 1.16. The molecule has 3 nitrogen and oxygen atoms in total. The summed E-state index contributed by atoms with van der Waals surface area (Å²) in [4.78, 5) is 0. The summed E-state index contributed by atoms with van der Waals surface area (Å²) in [5.41, 5.74) is 2.74. The third-order valence-corrected chi connectivity index (χ3v) is 3.45. The maximum Gasteiger partial charge on any atom is 0.0624 e. The van der Waals surface area contributed by atoms with Gasteiger partial charge in [-0.15, -0.1) is 5.16 Å². The molecule has 0 radical (unpaired) electrons. The molecule has 0 fully saturated rings. The molecule has 2 atom stereocenters. The van der Waals surface area contributed by atoms with Crippen LogP contribution in [0.5, 0.6) is 0 Å². The molecule has 0 amide bonds. The van der Waals surface area contributed by atoms with Gasteiger partial charge in [0.2, 0.25) is 0 Å². The first-order chi connectivity index (χ1) is 10.8. The van der Waals surface area contributed by atoms with Crippen molar-refractivity contribution in [2.24, 2.45) is 17.0 Å². The van der Waals surface area contributed by atoms with E-state index in [0.717, 1.165) is 32.1 Å². The number of hydrogen-bond acceptors (Lipinski definition) is 3. The fourth-order valence-corrected chi connectivity index (χ4v) is 1.92. The highest BCUT2D eigenvalue weighted by Gasteiger charge is 1.98. The first-order valence-corrected chi connectivity index (χ1v) is 8.63. The Morgan fingerprint density at radius 3 is 1.87 bits per heavy atom. The lowest BCUT2D eigenvalue weighted by atomic mass is 10.0. The molecule has 0 saturated heterocycles. The fourth-order valence-electron chi connectivity index (χ4n) is 1.92. The Bertz CT molecular complexity index is 394. The normalized spacial score (nSPS) is 12.6. The van der Waals surface area contributed by atoms with Crippen molar-refractivity contribution in [2.75, 3.05) is 0 Å². The van der Waals surface area contributed by atoms with Crippen molar-refractivity contribution in [2.45, 2.75) is 80.1 Å². The van der Waals surface area contributed by atoms with Crippen LogP contribution in [0.1, 0.15) is 80.1 Å². The van der Waals surface area contributed by atoms with E-state index in [9.17, 15) is 0 Å². The molecule has 0 aromatic heterocycles. The van der Waals surface area contributed by atoms with Crippen molar-refractivity contribution in [1.82, 2.24) is 0 Å². The molecule has 23 heavy (non-hydrogen) atoms. The Morgan fingerprint density at radius 2 is 1.48 bits per heavy atom. The number of allylic oxidation sites excluding steroid dienone is 4. The van der Waals surface area contributed by atoms with Gasteiger partial charge in [0.25, 0.3) is 0 Å². The largest absolute Gasteiger partial charge is 0.411 e. The van der Waals surface area contributed by atoms with E-state index >= 15 is 0 Å². The molecule has 0 heterocycles. The predicted molar refractivity (Wildman–Crippen MR) is 101 cm³/mol. The van der Waals surface area contributed by atoms with Gasteiger partial charge in [0.15, 0.2) is 0 Å². The van der Waals surface area contributed by atoms with Gasteiger partial charge in [-0.25, -0.2) is 0 Å². The minimum atomic E-state index is 0.551. The molecule has 0 bridgehead atoms. The van der Waals surface area contributed by atoms with Crippen molar-refractivity contribution in [3.63, 3.8) is 0 Å². The zero-order valence-corrected chi connectivity index (χ0v) is 16.0. The third kappa shape index (κ3) is 22.9. The van der Waals surface area contributed by atoms with E-state index in [1.807, 2.05) is 0 Å². The van der Waals surface area contributed by atoms with Crippen molar-refractivity contribution in [3.8, 4) is 6.07 Å². The van der Waals surface area contributed by atoms with Gasteiger partial charge in [0.1, 0.15) is 0 Å². The van der Waals surface area contributed by atoms with Gasteiger partial charge in [0, 0.05) is 12.6 Å². The maximum absolute atomic E-state index is 8.38. The van der Waals surface area contributed by atoms with Gasteiger partial charge in [-0.2, -0.15) is 5.26 Å². The van der Waals surface area contributed by atoms with Gasteiger partial charge in [0.05, 0.1) is 6.07 Å². The van der Waals surface area contributed by atoms with Crippen molar-refractivity contribution >= 4 is 6.21 Å². The molecule has 3 heteroatoms. The number of nitrogens with zero attached hydrogens (tertiary/aromatic N) is 2. The first kappa shape index (κ1) is 23.7. The van der Waals surface area contributed by atoms with Gasteiger partial charge in [-0.3, -0.25) is 0 Å². The number of hydrogen-bond donors (Lipinski definition) is 1. The van der Waals surface area contributed by atoms with Crippen LogP contribution in [0.4, 0.5) is 0 Å². The molecular formula is C20H36N2O. The van der Waals surface area contributed by atoms with Crippen molar-refractivity contribution < 1.29 is 5.21 Å². The van der Waals surface area contributed by atoms with Crippen LogP contribution in [0.15, 0.2) is 28.5 Å². The first-order valence-electron chi connectivity index (χ1n) is 8.63. The molecule has 0 saturated carbocycles. The standard InChI is InChI=1S/C10H19NO.C10H17N/c1-9(2)5-4-6-10(3)7-8-11-12;1-9(2)5-4-6-10(3)7-8-11/h5,8,10,12H,4,6-7H2,1-3H3;5,10H,4,6-7H2,1-3H3/b11-8+;. The van der Waals surface area contributed by atoms with Gasteiger partial charge < -0.3 is 5.21 Å². The lowest BCUT2D eigenvalue weighted by Gasteiger charge is -2.04. The summed E-state index contributed by atoms with van der Waals surface area (Å²) < 4.78 is 0. The highest BCUT2D eigenvalue weighted by atomic mass is 16.4. The Morgan fingerprint density at radius 1 is 1.00 bits per heavy atom. The van der Waals surface area contributed by atoms with E-state index in [4.69, 9.17) is 10.5 Å². The number of oxime groups is 1. The fraction of sp³-hybridized carbons (Fsp3) is 0.700. The Balaban J connectivity index is 0. The smallest absolute Gasteiger partial charge is 0.0624 e. The van der Waals surface area contributed by atoms with Crippen molar-refractivity contribution in [1.29, 1.82) is 5.26 Å². The lowest BCUT2D eigenvalue weighted by molar-refractivity contribution is 0.319. The van der Waals surface area contributed by atoms with E-state index in [1.54, 1.807) is 6.21 Å². The Hall–Kier alpha value is -1.56. The third-order valence-electron chi connectivity index (χ3n) is 3.45. The molecule has 0 aliphatic heterocycles. The second kappa shape index (κ2) is 16.8. The Labute approximate surface area is 143 Å². The summed E-state index contributed by atoms with van der Waals surface area (Å²) in [7, 11) is 0. The quantitative estimate of drug-likeness (QED) is 0.228. The summed E-state index contributed by atoms with van der Waals surface area (Å²) in [6.07, 6.45) is 12.1. The van der Waals surface area contributed by atoms with Crippen LogP contribution in [0.25, 0.3) is 0 Å². The molecule has 0 aliphatic rings. The molecule has 0 aromatic rings. The van der Waals surface area contributed by atoms with E-state index in [0.29, 0.717) is 18.3 Å². The lowest BCUT2D eigenvalue weighted by Crippen LogP contribution is -1.94. The van der Waals surface area contributed by atoms with Crippen LogP contribution in [-0.4, -0.2) is 11.4 Å². The monoisotopic (exact) mass is 320 g/mol. The Kier molecular flexibility index (Phi) is 17.3. The van der Waals surface area contributed by atoms with E-state index in [2.05, 4.69) is 64.9 Å². The average Bonchev–Trinajstić information content (AvgIpc) is 2.45. The highest BCUT2D eigenvalue weighted by molar-refractivity contribution is 5.56. The van der Waals surface area contributed by atoms with Crippen LogP contribution < -0.4 is 0 Å². The zero-order chi connectivity index (χ0) is 18.1. The SMILES string of the molecule is CC(C)=CCCC(C)C/C=N/O.CC(C)=CCCC(C)CC#N. The van der Waals surface area contributed by atoms with Gasteiger partial charge in [-0.05, 0) is 71.6 Å². The van der Waals surface area contributed by atoms with Gasteiger partial charge in [-0.1, -0.05) is 37.1 Å². The average molecular weight is 321 g/mol. The van der Waals surface area contributed by atoms with Crippen LogP contribution in [0, 0.1) is 23.2 Å². The van der Waals surface area contributed by atoms with Crippen molar-refractivity contribution in [3.05, 3.63) is 23.3 Å². The predicted octanol–water partition coefficient (Wildman–Crippen LogP) is 6.50. The maximum atomic E-state index is 8.38. The molecule has 0 aromatic carbocycles. The van der Waals surface area contributed by atoms with E-state index < -0.39 is 0 Å². The van der Waals surface area contributed by atoms with Crippen LogP contribution in [0.2, 0.25) is 0 Å². The van der Waals surface area contributed by atoms with E-state index in [-0.39, 0.29) is 0 Å². The zero-order valence-electron chi connectivity index (χ0n) is 16.0. The topological polar surface area (TPSA) is 56.4 Å². The molecule has 0 spiro atoms. The van der Waals surface area contributed by atoms with Crippen LogP contribution in [-0.2, 0) is 0 Å². The molecule has 1 N–H and O–H groups in total.